The van der Waals surface area contributed by atoms with Crippen molar-refractivity contribution in [2.24, 2.45) is 0 Å². The maximum absolute atomic E-state index is 12.2. The number of aliphatic hydroxyl groups excluding tert-OH is 1. The number of hydrogen-bond donors (Lipinski definition) is 2. The minimum absolute atomic E-state index is 0.111. The molecule has 1 aliphatic heterocycles. The average molecular weight is 273 g/mol. The summed E-state index contributed by atoms with van der Waals surface area (Å²) in [5.41, 5.74) is 4.20. The Hall–Kier alpha value is -1.72. The number of nitrogens with one attached hydrogen (secondary N) is 1. The van der Waals surface area contributed by atoms with Crippen LogP contribution in [0.25, 0.3) is 11.0 Å². The number of rotatable bonds is 1. The second-order valence-corrected chi connectivity index (χ2v) is 5.64. The van der Waals surface area contributed by atoms with Crippen LogP contribution >= 0.6 is 0 Å². The number of benzene rings is 1. The molecular weight excluding hydrogens is 254 g/mol. The van der Waals surface area contributed by atoms with E-state index >= 15 is 0 Å². The number of likely N-dealkylation sites (tertiary alicyclic amines) is 1. The number of H-pyrrole nitrogens is 1. The second-order valence-electron chi connectivity index (χ2n) is 5.64. The van der Waals surface area contributed by atoms with Crippen LogP contribution < -0.4 is 5.56 Å². The number of aliphatic hydroxyl groups is 1. The van der Waals surface area contributed by atoms with Crippen molar-refractivity contribution in [1.29, 1.82) is 0 Å². The monoisotopic (exact) mass is 273 g/mol. The molecule has 3 rings (SSSR count). The molecule has 1 saturated heterocycles. The lowest BCUT2D eigenvalue weighted by molar-refractivity contribution is 0.0364. The van der Waals surface area contributed by atoms with Gasteiger partial charge in [0.2, 0.25) is 0 Å². The summed E-state index contributed by atoms with van der Waals surface area (Å²) in [5.74, 6) is 0. The summed E-state index contributed by atoms with van der Waals surface area (Å²) in [4.78, 5) is 21.5. The van der Waals surface area contributed by atoms with Crippen molar-refractivity contribution >= 4 is 11.0 Å². The summed E-state index contributed by atoms with van der Waals surface area (Å²) in [6.45, 7) is 4.05. The maximum Gasteiger partial charge on any atom is 0.271 e. The lowest BCUT2D eigenvalue weighted by Gasteiger charge is -2.21. The van der Waals surface area contributed by atoms with E-state index in [2.05, 4.69) is 9.97 Å². The van der Waals surface area contributed by atoms with E-state index in [-0.39, 0.29) is 11.6 Å². The second kappa shape index (κ2) is 4.68. The summed E-state index contributed by atoms with van der Waals surface area (Å²) >= 11 is 0. The van der Waals surface area contributed by atoms with Crippen LogP contribution in [0.2, 0.25) is 0 Å². The predicted octanol–water partition coefficient (Wildman–Crippen LogP) is 1.63. The third-order valence-corrected chi connectivity index (χ3v) is 4.31. The van der Waals surface area contributed by atoms with E-state index < -0.39 is 6.23 Å². The molecular formula is C15H19N3O2. The van der Waals surface area contributed by atoms with Gasteiger partial charge in [-0.25, -0.2) is 4.98 Å². The zero-order valence-corrected chi connectivity index (χ0v) is 12.0. The Morgan fingerprint density at radius 1 is 1.30 bits per heavy atom. The zero-order valence-electron chi connectivity index (χ0n) is 12.0. The van der Waals surface area contributed by atoms with Crippen LogP contribution in [0.5, 0.6) is 0 Å². The van der Waals surface area contributed by atoms with Crippen LogP contribution in [-0.2, 0) is 0 Å². The van der Waals surface area contributed by atoms with E-state index in [4.69, 9.17) is 0 Å². The molecule has 0 bridgehead atoms. The van der Waals surface area contributed by atoms with E-state index in [1.54, 1.807) is 0 Å². The fourth-order valence-corrected chi connectivity index (χ4v) is 2.84. The first kappa shape index (κ1) is 13.3. The molecule has 2 aromatic rings. The molecule has 0 saturated carbocycles. The Labute approximate surface area is 117 Å². The van der Waals surface area contributed by atoms with E-state index in [9.17, 15) is 9.90 Å². The van der Waals surface area contributed by atoms with Gasteiger partial charge in [0, 0.05) is 0 Å². The normalized spacial score (nSPS) is 23.6. The molecule has 1 aliphatic rings. The highest BCUT2D eigenvalue weighted by Crippen LogP contribution is 2.31. The van der Waals surface area contributed by atoms with E-state index in [1.165, 1.54) is 0 Å². The van der Waals surface area contributed by atoms with Crippen LogP contribution in [0.3, 0.4) is 0 Å². The molecule has 106 valence electrons. The summed E-state index contributed by atoms with van der Waals surface area (Å²) in [5, 5.41) is 9.80. The molecule has 0 aliphatic carbocycles. The van der Waals surface area contributed by atoms with Crippen molar-refractivity contribution in [2.45, 2.75) is 39.0 Å². The van der Waals surface area contributed by atoms with Gasteiger partial charge in [-0.05, 0) is 57.0 Å². The van der Waals surface area contributed by atoms with Crippen LogP contribution in [0.4, 0.5) is 0 Å². The van der Waals surface area contributed by atoms with Crippen molar-refractivity contribution in [3.05, 3.63) is 39.3 Å². The van der Waals surface area contributed by atoms with Gasteiger partial charge in [-0.3, -0.25) is 9.69 Å². The topological polar surface area (TPSA) is 69.2 Å². The van der Waals surface area contributed by atoms with Crippen LogP contribution in [0, 0.1) is 13.8 Å². The van der Waals surface area contributed by atoms with Crippen LogP contribution in [0.1, 0.15) is 35.7 Å². The molecule has 2 unspecified atom stereocenters. The summed E-state index contributed by atoms with van der Waals surface area (Å²) < 4.78 is 0. The number of aromatic amines is 1. The Morgan fingerprint density at radius 3 is 2.65 bits per heavy atom. The summed E-state index contributed by atoms with van der Waals surface area (Å²) in [6.07, 6.45) is 0.939. The summed E-state index contributed by atoms with van der Waals surface area (Å²) in [6, 6.07) is 3.84. The Bertz CT molecular complexity index is 723. The minimum atomic E-state index is -0.489. The minimum Gasteiger partial charge on any atom is -0.378 e. The number of aryl methyl sites for hydroxylation is 2. The van der Waals surface area contributed by atoms with Gasteiger partial charge < -0.3 is 10.1 Å². The van der Waals surface area contributed by atoms with Crippen molar-refractivity contribution in [3.63, 3.8) is 0 Å². The quantitative estimate of drug-likeness (QED) is 0.828. The predicted molar refractivity (Wildman–Crippen MR) is 77.6 cm³/mol. The third-order valence-electron chi connectivity index (χ3n) is 4.31. The van der Waals surface area contributed by atoms with Gasteiger partial charge >= 0.3 is 0 Å². The molecule has 5 nitrogen and oxygen atoms in total. The number of nitrogens with zero attached hydrogens (tertiary/aromatic N) is 2. The Morgan fingerprint density at radius 2 is 2.00 bits per heavy atom. The van der Waals surface area contributed by atoms with Gasteiger partial charge in [-0.2, -0.15) is 0 Å². The fourth-order valence-electron chi connectivity index (χ4n) is 2.84. The lowest BCUT2D eigenvalue weighted by Crippen LogP contribution is -2.31. The fraction of sp³-hybridized carbons (Fsp3) is 0.467. The van der Waals surface area contributed by atoms with E-state index in [0.717, 1.165) is 28.6 Å². The Kier molecular flexibility index (Phi) is 3.11. The Balaban J connectivity index is 2.15. The van der Waals surface area contributed by atoms with Gasteiger partial charge in [0.25, 0.3) is 5.56 Å². The number of aromatic nitrogens is 2. The average Bonchev–Trinajstić information content (AvgIpc) is 2.72. The van der Waals surface area contributed by atoms with E-state index in [0.29, 0.717) is 12.1 Å². The number of hydrogen-bond acceptors (Lipinski definition) is 4. The highest BCUT2D eigenvalue weighted by Gasteiger charge is 2.32. The first-order chi connectivity index (χ1) is 9.47. The van der Waals surface area contributed by atoms with Gasteiger partial charge in [0.15, 0.2) is 0 Å². The molecule has 0 spiro atoms. The zero-order chi connectivity index (χ0) is 14.4. The highest BCUT2D eigenvalue weighted by molar-refractivity contribution is 5.76. The molecule has 20 heavy (non-hydrogen) atoms. The molecule has 1 aromatic heterocycles. The molecule has 0 amide bonds. The summed E-state index contributed by atoms with van der Waals surface area (Å²) in [7, 11) is 1.83. The SMILES string of the molecule is Cc1cc2nc(C3CCC(O)N3C)c(=O)[nH]c2cc1C. The molecule has 0 radical (unpaired) electrons. The van der Waals surface area contributed by atoms with Crippen molar-refractivity contribution in [1.82, 2.24) is 14.9 Å². The molecule has 2 atom stereocenters. The molecule has 2 heterocycles. The molecule has 1 aromatic carbocycles. The standard InChI is InChI=1S/C15H19N3O2/c1-8-6-10-11(7-9(8)2)17-15(20)14(16-10)12-4-5-13(19)18(12)3/h6-7,12-13,19H,4-5H2,1-3H3,(H,17,20). The third kappa shape index (κ3) is 2.03. The maximum atomic E-state index is 12.2. The van der Waals surface area contributed by atoms with Gasteiger partial charge in [-0.15, -0.1) is 0 Å². The first-order valence-corrected chi connectivity index (χ1v) is 6.88. The van der Waals surface area contributed by atoms with E-state index in [1.807, 2.05) is 37.9 Å². The molecule has 5 heteroatoms. The van der Waals surface area contributed by atoms with Gasteiger partial charge in [-0.1, -0.05) is 0 Å². The number of fused-ring (bicyclic) bond motifs is 1. The highest BCUT2D eigenvalue weighted by atomic mass is 16.3. The molecule has 1 fully saturated rings. The smallest absolute Gasteiger partial charge is 0.271 e. The largest absolute Gasteiger partial charge is 0.378 e. The van der Waals surface area contributed by atoms with Gasteiger partial charge in [0.1, 0.15) is 11.9 Å². The van der Waals surface area contributed by atoms with Crippen LogP contribution in [0.15, 0.2) is 16.9 Å². The van der Waals surface area contributed by atoms with Crippen molar-refractivity contribution < 1.29 is 5.11 Å². The first-order valence-electron chi connectivity index (χ1n) is 6.88. The molecule has 2 N–H and O–H groups in total. The van der Waals surface area contributed by atoms with Gasteiger partial charge in [0.05, 0.1) is 17.1 Å². The lowest BCUT2D eigenvalue weighted by atomic mass is 10.1. The van der Waals surface area contributed by atoms with Crippen molar-refractivity contribution in [3.8, 4) is 0 Å². The van der Waals surface area contributed by atoms with Crippen LogP contribution in [-0.4, -0.2) is 33.2 Å². The van der Waals surface area contributed by atoms with Crippen molar-refractivity contribution in [2.75, 3.05) is 7.05 Å².